The van der Waals surface area contributed by atoms with Crippen molar-refractivity contribution in [1.82, 2.24) is 14.5 Å². The minimum Gasteiger partial charge on any atom is -0.507 e. The van der Waals surface area contributed by atoms with Crippen LogP contribution >= 0.6 is 0 Å². The van der Waals surface area contributed by atoms with Crippen molar-refractivity contribution < 1.29 is 26.2 Å². The summed E-state index contributed by atoms with van der Waals surface area (Å²) in [6.07, 6.45) is 1.91. The van der Waals surface area contributed by atoms with Gasteiger partial charge in [0.2, 0.25) is 0 Å². The van der Waals surface area contributed by atoms with E-state index in [1.165, 1.54) is 11.1 Å². The van der Waals surface area contributed by atoms with Crippen molar-refractivity contribution in [3.8, 4) is 39.5 Å². The minimum atomic E-state index is -0.125. The summed E-state index contributed by atoms with van der Waals surface area (Å²) in [5.74, 6) is 1.02. The predicted octanol–water partition coefficient (Wildman–Crippen LogP) is 11.5. The summed E-state index contributed by atoms with van der Waals surface area (Å²) in [6.45, 7) is 22.2. The molecule has 1 unspecified atom stereocenters. The van der Waals surface area contributed by atoms with Crippen LogP contribution in [0, 0.1) is 6.07 Å². The van der Waals surface area contributed by atoms with Gasteiger partial charge in [-0.25, -0.2) is 4.98 Å². The second-order valence-electron chi connectivity index (χ2n) is 16.6. The standard InChI is InChI=1S/C45H50N3O.Pt/c1-28(29-16-13-12-14-17-29)36-25-34(45(8,9)10)26-37(41(36)49)42-47-40-35(18-15-19-39(40)48(42)11)30-22-31(24-33(23-30)44(5,6)7)38-27-32(20-21-46-38)43(2,3)4;/h12-21,23-28,49H,1-11H3;/q-1;. The molecule has 0 aliphatic carbocycles. The van der Waals surface area contributed by atoms with Crippen molar-refractivity contribution in [3.63, 3.8) is 0 Å². The summed E-state index contributed by atoms with van der Waals surface area (Å²) in [5.41, 5.74) is 11.9. The number of aromatic hydroxyl groups is 1. The molecular formula is C45H50N3OPt-. The number of hydrogen-bond acceptors (Lipinski definition) is 3. The molecule has 0 bridgehead atoms. The third-order valence-corrected chi connectivity index (χ3v) is 9.85. The fourth-order valence-electron chi connectivity index (χ4n) is 6.51. The number of phenolic OH excluding ortho intramolecular Hbond substituents is 1. The molecule has 0 saturated heterocycles. The summed E-state index contributed by atoms with van der Waals surface area (Å²) in [5, 5.41) is 12.0. The summed E-state index contributed by atoms with van der Waals surface area (Å²) >= 11 is 0. The van der Waals surface area contributed by atoms with E-state index in [9.17, 15) is 5.11 Å². The maximum atomic E-state index is 12.0. The molecule has 0 amide bonds. The monoisotopic (exact) mass is 843 g/mol. The van der Waals surface area contributed by atoms with Gasteiger partial charge < -0.3 is 9.67 Å². The van der Waals surface area contributed by atoms with Gasteiger partial charge in [0.05, 0.1) is 16.6 Å². The van der Waals surface area contributed by atoms with Gasteiger partial charge in [-0.1, -0.05) is 135 Å². The van der Waals surface area contributed by atoms with Crippen molar-refractivity contribution in [1.29, 1.82) is 0 Å². The molecule has 4 nitrogen and oxygen atoms in total. The van der Waals surface area contributed by atoms with Gasteiger partial charge in [0.25, 0.3) is 0 Å². The van der Waals surface area contributed by atoms with Crippen LogP contribution in [0.1, 0.15) is 103 Å². The Kier molecular flexibility index (Phi) is 10.1. The quantitative estimate of drug-likeness (QED) is 0.176. The molecule has 262 valence electrons. The van der Waals surface area contributed by atoms with E-state index in [0.29, 0.717) is 0 Å². The van der Waals surface area contributed by atoms with Crippen LogP contribution in [0.25, 0.3) is 44.8 Å². The summed E-state index contributed by atoms with van der Waals surface area (Å²) in [7, 11) is 2.04. The molecule has 0 saturated carbocycles. The SMILES string of the molecule is CC(c1ccccc1)c1cc(C(C)(C)C)cc(-c2nc3c(-c4[c-]c(-c5cc(C(C)(C)C)ccn5)cc(C(C)(C)C)c4)cccc3n2C)c1O.[Pt]. The van der Waals surface area contributed by atoms with E-state index >= 15 is 0 Å². The third kappa shape index (κ3) is 7.24. The first-order valence-electron chi connectivity index (χ1n) is 17.4. The number of benzene rings is 4. The van der Waals surface area contributed by atoms with Crippen molar-refractivity contribution in [2.45, 2.75) is 91.4 Å². The minimum absolute atomic E-state index is 0. The topological polar surface area (TPSA) is 50.9 Å². The molecule has 50 heavy (non-hydrogen) atoms. The molecule has 0 fully saturated rings. The van der Waals surface area contributed by atoms with Crippen LogP contribution in [0.2, 0.25) is 0 Å². The van der Waals surface area contributed by atoms with Crippen LogP contribution in [-0.4, -0.2) is 19.6 Å². The molecule has 0 aliphatic rings. The maximum absolute atomic E-state index is 12.0. The molecule has 4 aromatic carbocycles. The second kappa shape index (κ2) is 13.6. The third-order valence-electron chi connectivity index (χ3n) is 9.85. The van der Waals surface area contributed by atoms with Gasteiger partial charge in [-0.3, -0.25) is 4.98 Å². The Balaban J connectivity index is 0.00000486. The number of rotatable bonds is 5. The van der Waals surface area contributed by atoms with Crippen LogP contribution in [-0.2, 0) is 44.4 Å². The summed E-state index contributed by atoms with van der Waals surface area (Å²) in [4.78, 5) is 10.1. The fourth-order valence-corrected chi connectivity index (χ4v) is 6.51. The Labute approximate surface area is 313 Å². The average molecular weight is 844 g/mol. The second-order valence-corrected chi connectivity index (χ2v) is 16.6. The molecule has 0 spiro atoms. The van der Waals surface area contributed by atoms with Crippen LogP contribution in [0.4, 0.5) is 0 Å². The zero-order chi connectivity index (χ0) is 35.5. The number of phenols is 1. The largest absolute Gasteiger partial charge is 0.507 e. The Hall–Kier alpha value is -4.01. The van der Waals surface area contributed by atoms with Crippen molar-refractivity contribution >= 4 is 11.0 Å². The van der Waals surface area contributed by atoms with E-state index in [0.717, 1.165) is 61.5 Å². The Morgan fingerprint density at radius 2 is 1.30 bits per heavy atom. The fraction of sp³-hybridized carbons (Fsp3) is 0.333. The van der Waals surface area contributed by atoms with E-state index < -0.39 is 0 Å². The van der Waals surface area contributed by atoms with E-state index in [-0.39, 0.29) is 49.0 Å². The predicted molar refractivity (Wildman–Crippen MR) is 205 cm³/mol. The molecule has 0 aliphatic heterocycles. The molecule has 6 aromatic rings. The van der Waals surface area contributed by atoms with E-state index in [4.69, 9.17) is 9.97 Å². The van der Waals surface area contributed by atoms with Crippen LogP contribution in [0.5, 0.6) is 5.75 Å². The van der Waals surface area contributed by atoms with Gasteiger partial charge in [-0.15, -0.1) is 29.3 Å². The van der Waals surface area contributed by atoms with Crippen LogP contribution in [0.15, 0.2) is 91.1 Å². The zero-order valence-corrected chi connectivity index (χ0v) is 33.6. The van der Waals surface area contributed by atoms with Gasteiger partial charge in [0.1, 0.15) is 11.6 Å². The number of hydrogen-bond donors (Lipinski definition) is 1. The van der Waals surface area contributed by atoms with Crippen molar-refractivity contribution in [2.24, 2.45) is 7.05 Å². The molecule has 5 heteroatoms. The summed E-state index contributed by atoms with van der Waals surface area (Å²) < 4.78 is 2.11. The maximum Gasteiger partial charge on any atom is 0.143 e. The Bertz CT molecular complexity index is 2160. The Morgan fingerprint density at radius 3 is 1.94 bits per heavy atom. The van der Waals surface area contributed by atoms with Crippen LogP contribution in [0.3, 0.4) is 0 Å². The molecule has 0 radical (unpaired) electrons. The summed E-state index contributed by atoms with van der Waals surface area (Å²) in [6, 6.07) is 33.5. The molecular weight excluding hydrogens is 794 g/mol. The first-order chi connectivity index (χ1) is 22.9. The normalized spacial score (nSPS) is 12.9. The van der Waals surface area contributed by atoms with Gasteiger partial charge in [-0.2, -0.15) is 0 Å². The van der Waals surface area contributed by atoms with Gasteiger partial charge in [0.15, 0.2) is 0 Å². The molecule has 6 rings (SSSR count). The average Bonchev–Trinajstić information content (AvgIpc) is 3.39. The molecule has 2 heterocycles. The molecule has 1 atom stereocenters. The number of aromatic nitrogens is 3. The Morgan fingerprint density at radius 1 is 0.680 bits per heavy atom. The number of nitrogens with zero attached hydrogens (tertiary/aromatic N) is 3. The smallest absolute Gasteiger partial charge is 0.143 e. The van der Waals surface area contributed by atoms with Gasteiger partial charge >= 0.3 is 0 Å². The molecule has 2 aromatic heterocycles. The molecule has 1 N–H and O–H groups in total. The van der Waals surface area contributed by atoms with E-state index in [1.54, 1.807) is 0 Å². The number of fused-ring (bicyclic) bond motifs is 1. The van der Waals surface area contributed by atoms with E-state index in [2.05, 4.69) is 159 Å². The number of aryl methyl sites for hydroxylation is 1. The first-order valence-corrected chi connectivity index (χ1v) is 17.4. The van der Waals surface area contributed by atoms with Crippen LogP contribution < -0.4 is 0 Å². The van der Waals surface area contributed by atoms with Gasteiger partial charge in [0, 0.05) is 51.5 Å². The van der Waals surface area contributed by atoms with E-state index in [1.807, 2.05) is 19.3 Å². The van der Waals surface area contributed by atoms with Crippen molar-refractivity contribution in [2.75, 3.05) is 0 Å². The van der Waals surface area contributed by atoms with Crippen molar-refractivity contribution in [3.05, 3.63) is 125 Å². The van der Waals surface area contributed by atoms with Gasteiger partial charge in [-0.05, 0) is 51.1 Å². The first kappa shape index (κ1) is 37.2. The number of para-hydroxylation sites is 1. The number of imidazole rings is 1. The zero-order valence-electron chi connectivity index (χ0n) is 31.3. The number of pyridine rings is 1.